The summed E-state index contributed by atoms with van der Waals surface area (Å²) in [6.07, 6.45) is 5.01. The van der Waals surface area contributed by atoms with Crippen LogP contribution in [0.5, 0.6) is 0 Å². The van der Waals surface area contributed by atoms with E-state index >= 15 is 0 Å². The first kappa shape index (κ1) is 21.8. The second-order valence-corrected chi connectivity index (χ2v) is 7.98. The topological polar surface area (TPSA) is 59.7 Å². The molecule has 4 nitrogen and oxygen atoms in total. The van der Waals surface area contributed by atoms with Gasteiger partial charge in [0.05, 0.1) is 12.9 Å². The summed E-state index contributed by atoms with van der Waals surface area (Å²) >= 11 is 0. The third-order valence-corrected chi connectivity index (χ3v) is 5.71. The quantitative estimate of drug-likeness (QED) is 0.274. The molecule has 0 aliphatic carbocycles. The van der Waals surface area contributed by atoms with Crippen LogP contribution in [-0.4, -0.2) is 17.7 Å². The molecule has 0 atom stereocenters. The van der Waals surface area contributed by atoms with Gasteiger partial charge in [0.1, 0.15) is 11.7 Å². The van der Waals surface area contributed by atoms with Gasteiger partial charge in [0.25, 0.3) is 0 Å². The van der Waals surface area contributed by atoms with Crippen molar-refractivity contribution in [1.82, 2.24) is 0 Å². The van der Waals surface area contributed by atoms with E-state index in [1.807, 2.05) is 48.7 Å². The van der Waals surface area contributed by atoms with Crippen molar-refractivity contribution >= 4 is 16.9 Å². The standard InChI is InChI=1S/C28H28O4/c29-26(30)17-8-7-14-23-15-9-16-25-24(20-32-28(23)25)18-19-31-27(21-10-3-1-4-11-21)22-12-5-2-6-13-22/h1-6,9-13,15-16,20,27H,7-8,14,17-19H2,(H,29,30). The van der Waals surface area contributed by atoms with E-state index < -0.39 is 5.97 Å². The van der Waals surface area contributed by atoms with Gasteiger partial charge in [-0.05, 0) is 42.4 Å². The fourth-order valence-electron chi connectivity index (χ4n) is 4.08. The van der Waals surface area contributed by atoms with E-state index in [1.54, 1.807) is 0 Å². The number of aryl methyl sites for hydroxylation is 1. The number of ether oxygens (including phenoxy) is 1. The number of benzene rings is 3. The number of hydrogen-bond acceptors (Lipinski definition) is 3. The van der Waals surface area contributed by atoms with Gasteiger partial charge in [0, 0.05) is 17.4 Å². The van der Waals surface area contributed by atoms with E-state index in [-0.39, 0.29) is 12.5 Å². The summed E-state index contributed by atoms with van der Waals surface area (Å²) in [5.74, 6) is -0.743. The SMILES string of the molecule is O=C(O)CCCCc1cccc2c(CCOC(c3ccccc3)c3ccccc3)coc12. The van der Waals surface area contributed by atoms with Crippen molar-refractivity contribution in [3.63, 3.8) is 0 Å². The molecule has 0 radical (unpaired) electrons. The summed E-state index contributed by atoms with van der Waals surface area (Å²) in [4.78, 5) is 10.7. The number of hydrogen-bond donors (Lipinski definition) is 1. The van der Waals surface area contributed by atoms with Crippen molar-refractivity contribution in [3.8, 4) is 0 Å². The third kappa shape index (κ3) is 5.45. The van der Waals surface area contributed by atoms with Crippen LogP contribution in [0.25, 0.3) is 11.0 Å². The highest BCUT2D eigenvalue weighted by atomic mass is 16.5. The van der Waals surface area contributed by atoms with Gasteiger partial charge in [-0.15, -0.1) is 0 Å². The van der Waals surface area contributed by atoms with Crippen molar-refractivity contribution in [2.24, 2.45) is 0 Å². The number of aliphatic carboxylic acids is 1. The summed E-state index contributed by atoms with van der Waals surface area (Å²) in [6.45, 7) is 0.575. The number of carboxylic acid groups (broad SMARTS) is 1. The Labute approximate surface area is 188 Å². The number of carbonyl (C=O) groups is 1. The lowest BCUT2D eigenvalue weighted by Gasteiger charge is -2.19. The van der Waals surface area contributed by atoms with E-state index in [1.165, 1.54) is 0 Å². The number of fused-ring (bicyclic) bond motifs is 1. The van der Waals surface area contributed by atoms with E-state index in [4.69, 9.17) is 14.3 Å². The van der Waals surface area contributed by atoms with Crippen LogP contribution in [0.4, 0.5) is 0 Å². The van der Waals surface area contributed by atoms with Crippen LogP contribution >= 0.6 is 0 Å². The van der Waals surface area contributed by atoms with Crippen LogP contribution in [0.1, 0.15) is 47.6 Å². The molecule has 3 aromatic carbocycles. The molecule has 0 unspecified atom stereocenters. The monoisotopic (exact) mass is 428 g/mol. The summed E-state index contributed by atoms with van der Waals surface area (Å²) in [5, 5.41) is 9.93. The number of rotatable bonds is 11. The Morgan fingerprint density at radius 1 is 0.812 bits per heavy atom. The van der Waals surface area contributed by atoms with Gasteiger partial charge in [0.15, 0.2) is 0 Å². The van der Waals surface area contributed by atoms with Crippen LogP contribution in [0.3, 0.4) is 0 Å². The molecule has 1 aromatic heterocycles. The van der Waals surface area contributed by atoms with Gasteiger partial charge in [-0.3, -0.25) is 4.79 Å². The molecule has 0 aliphatic rings. The molecule has 4 heteroatoms. The number of unbranched alkanes of at least 4 members (excludes halogenated alkanes) is 1. The Morgan fingerprint density at radius 2 is 1.50 bits per heavy atom. The molecule has 0 aliphatic heterocycles. The second-order valence-electron chi connectivity index (χ2n) is 7.98. The maximum absolute atomic E-state index is 10.7. The molecule has 32 heavy (non-hydrogen) atoms. The van der Waals surface area contributed by atoms with Gasteiger partial charge in [0.2, 0.25) is 0 Å². The predicted octanol–water partition coefficient (Wildman–Crippen LogP) is 6.58. The van der Waals surface area contributed by atoms with Gasteiger partial charge in [-0.25, -0.2) is 0 Å². The van der Waals surface area contributed by atoms with Crippen molar-refractivity contribution in [2.75, 3.05) is 6.61 Å². The van der Waals surface area contributed by atoms with Crippen molar-refractivity contribution in [1.29, 1.82) is 0 Å². The molecule has 0 saturated carbocycles. The highest BCUT2D eigenvalue weighted by Crippen LogP contribution is 2.29. The zero-order valence-electron chi connectivity index (χ0n) is 18.1. The molecule has 1 heterocycles. The Morgan fingerprint density at radius 3 is 2.16 bits per heavy atom. The van der Waals surface area contributed by atoms with Crippen LogP contribution in [0.2, 0.25) is 0 Å². The van der Waals surface area contributed by atoms with Gasteiger partial charge in [-0.2, -0.15) is 0 Å². The lowest BCUT2D eigenvalue weighted by molar-refractivity contribution is -0.137. The first-order valence-electron chi connectivity index (χ1n) is 11.1. The van der Waals surface area contributed by atoms with E-state index in [0.29, 0.717) is 13.0 Å². The number of carboxylic acids is 1. The van der Waals surface area contributed by atoms with Crippen LogP contribution in [-0.2, 0) is 22.4 Å². The van der Waals surface area contributed by atoms with Crippen molar-refractivity contribution in [3.05, 3.63) is 107 Å². The zero-order chi connectivity index (χ0) is 22.2. The molecule has 1 N–H and O–H groups in total. The van der Waals surface area contributed by atoms with Crippen molar-refractivity contribution < 1.29 is 19.1 Å². The van der Waals surface area contributed by atoms with Gasteiger partial charge in [-0.1, -0.05) is 78.9 Å². The molecule has 0 fully saturated rings. The Hall–Kier alpha value is -3.37. The fourth-order valence-corrected chi connectivity index (χ4v) is 4.08. The minimum atomic E-state index is -0.743. The van der Waals surface area contributed by atoms with Crippen LogP contribution in [0, 0.1) is 0 Å². The molecular formula is C28H28O4. The Balaban J connectivity index is 1.43. The van der Waals surface area contributed by atoms with Crippen molar-refractivity contribution in [2.45, 2.75) is 38.2 Å². The van der Waals surface area contributed by atoms with Gasteiger partial charge < -0.3 is 14.3 Å². The summed E-state index contributed by atoms with van der Waals surface area (Å²) < 4.78 is 12.3. The molecular weight excluding hydrogens is 400 g/mol. The van der Waals surface area contributed by atoms with Crippen LogP contribution in [0.15, 0.2) is 89.5 Å². The average molecular weight is 429 g/mol. The number of para-hydroxylation sites is 1. The highest BCUT2D eigenvalue weighted by Gasteiger charge is 2.15. The minimum absolute atomic E-state index is 0.111. The van der Waals surface area contributed by atoms with E-state index in [2.05, 4.69) is 36.4 Å². The van der Waals surface area contributed by atoms with E-state index in [9.17, 15) is 4.79 Å². The normalized spacial score (nSPS) is 11.3. The highest BCUT2D eigenvalue weighted by molar-refractivity contribution is 5.84. The summed E-state index contributed by atoms with van der Waals surface area (Å²) in [5.41, 5.74) is 5.44. The Kier molecular flexibility index (Phi) is 7.36. The van der Waals surface area contributed by atoms with E-state index in [0.717, 1.165) is 52.5 Å². The Bertz CT molecular complexity index is 1090. The minimum Gasteiger partial charge on any atom is -0.481 e. The average Bonchev–Trinajstić information content (AvgIpc) is 3.24. The summed E-state index contributed by atoms with van der Waals surface area (Å²) in [7, 11) is 0. The molecule has 0 bridgehead atoms. The third-order valence-electron chi connectivity index (χ3n) is 5.71. The largest absolute Gasteiger partial charge is 0.481 e. The van der Waals surface area contributed by atoms with Crippen LogP contribution < -0.4 is 0 Å². The summed E-state index contributed by atoms with van der Waals surface area (Å²) in [6, 6.07) is 26.8. The zero-order valence-corrected chi connectivity index (χ0v) is 18.1. The first-order valence-corrected chi connectivity index (χ1v) is 11.1. The first-order chi connectivity index (χ1) is 15.7. The molecule has 4 rings (SSSR count). The lowest BCUT2D eigenvalue weighted by atomic mass is 10.0. The molecule has 164 valence electrons. The maximum atomic E-state index is 10.7. The molecule has 4 aromatic rings. The number of furan rings is 1. The fraction of sp³-hybridized carbons (Fsp3) is 0.250. The second kappa shape index (κ2) is 10.8. The smallest absolute Gasteiger partial charge is 0.303 e. The molecule has 0 amide bonds. The predicted molar refractivity (Wildman–Crippen MR) is 126 cm³/mol. The maximum Gasteiger partial charge on any atom is 0.303 e. The lowest BCUT2D eigenvalue weighted by Crippen LogP contribution is -2.08. The van der Waals surface area contributed by atoms with Gasteiger partial charge >= 0.3 is 5.97 Å². The molecule has 0 spiro atoms. The molecule has 0 saturated heterocycles.